The second-order valence-corrected chi connectivity index (χ2v) is 6.82. The minimum atomic E-state index is -0.604. The fraction of sp³-hybridized carbons (Fsp3) is 0.0909. The van der Waals surface area contributed by atoms with Crippen LogP contribution in [0.25, 0.3) is 11.1 Å². The van der Waals surface area contributed by atoms with Gasteiger partial charge in [0.15, 0.2) is 11.3 Å². The van der Waals surface area contributed by atoms with Gasteiger partial charge in [-0.2, -0.15) is 0 Å². The first-order valence-electron chi connectivity index (χ1n) is 9.03. The van der Waals surface area contributed by atoms with Gasteiger partial charge >= 0.3 is 5.76 Å². The third kappa shape index (κ3) is 4.16. The van der Waals surface area contributed by atoms with Gasteiger partial charge in [-0.3, -0.25) is 9.36 Å². The molecular formula is C22H17ClN2O5. The van der Waals surface area contributed by atoms with E-state index in [1.807, 2.05) is 0 Å². The minimum absolute atomic E-state index is 0.218. The summed E-state index contributed by atoms with van der Waals surface area (Å²) >= 11 is 6.10. The van der Waals surface area contributed by atoms with Crippen molar-refractivity contribution in [3.63, 3.8) is 0 Å². The highest BCUT2D eigenvalue weighted by atomic mass is 35.5. The van der Waals surface area contributed by atoms with Gasteiger partial charge in [-0.1, -0.05) is 23.7 Å². The second-order valence-electron chi connectivity index (χ2n) is 6.39. The van der Waals surface area contributed by atoms with Crippen LogP contribution in [0.3, 0.4) is 0 Å². The van der Waals surface area contributed by atoms with Crippen LogP contribution in [0.1, 0.15) is 0 Å². The summed E-state index contributed by atoms with van der Waals surface area (Å²) < 4.78 is 17.4. The summed E-state index contributed by atoms with van der Waals surface area (Å²) in [4.78, 5) is 24.7. The Labute approximate surface area is 176 Å². The van der Waals surface area contributed by atoms with Crippen molar-refractivity contribution in [3.05, 3.63) is 82.3 Å². The molecule has 7 nitrogen and oxygen atoms in total. The molecule has 3 aromatic carbocycles. The molecule has 1 N–H and O–H groups in total. The van der Waals surface area contributed by atoms with E-state index in [-0.39, 0.29) is 6.54 Å². The third-order valence-electron chi connectivity index (χ3n) is 4.38. The van der Waals surface area contributed by atoms with Crippen LogP contribution in [0.2, 0.25) is 5.02 Å². The molecule has 152 valence electrons. The van der Waals surface area contributed by atoms with Crippen LogP contribution in [0.4, 0.5) is 5.69 Å². The zero-order chi connectivity index (χ0) is 21.1. The van der Waals surface area contributed by atoms with Crippen molar-refractivity contribution in [2.24, 2.45) is 0 Å². The highest BCUT2D eigenvalue weighted by Crippen LogP contribution is 2.32. The molecule has 1 aromatic heterocycles. The van der Waals surface area contributed by atoms with Crippen molar-refractivity contribution in [1.82, 2.24) is 4.57 Å². The molecule has 0 aliphatic heterocycles. The average molecular weight is 425 g/mol. The van der Waals surface area contributed by atoms with E-state index >= 15 is 0 Å². The fourth-order valence-electron chi connectivity index (χ4n) is 2.96. The number of para-hydroxylation sites is 2. The van der Waals surface area contributed by atoms with Gasteiger partial charge in [-0.05, 0) is 54.6 Å². The van der Waals surface area contributed by atoms with Crippen molar-refractivity contribution in [1.29, 1.82) is 0 Å². The number of benzene rings is 3. The number of hydrogen-bond donors (Lipinski definition) is 1. The molecular weight excluding hydrogens is 408 g/mol. The lowest BCUT2D eigenvalue weighted by molar-refractivity contribution is -0.116. The minimum Gasteiger partial charge on any atom is -0.497 e. The molecule has 0 unspecified atom stereocenters. The molecule has 0 aliphatic carbocycles. The number of carbonyl (C=O) groups is 1. The number of nitrogens with zero attached hydrogens (tertiary/aromatic N) is 1. The standard InChI is InChI=1S/C22H17ClN2O5/c1-28-15-7-9-16(10-8-15)29-19-11-6-14(23)12-17(19)24-21(26)13-25-18-4-2-3-5-20(18)30-22(25)27/h2-12H,13H2,1H3,(H,24,26). The number of oxazole rings is 1. The predicted octanol–water partition coefficient (Wildman–Crippen LogP) is 4.69. The molecule has 0 fully saturated rings. The Kier molecular flexibility index (Phi) is 5.45. The van der Waals surface area contributed by atoms with Crippen LogP contribution in [0.5, 0.6) is 17.2 Å². The Morgan fingerprint density at radius 1 is 1.07 bits per heavy atom. The first-order valence-corrected chi connectivity index (χ1v) is 9.41. The first kappa shape index (κ1) is 19.6. The summed E-state index contributed by atoms with van der Waals surface area (Å²) in [6, 6.07) is 18.8. The van der Waals surface area contributed by atoms with Crippen molar-refractivity contribution in [2.75, 3.05) is 12.4 Å². The van der Waals surface area contributed by atoms with E-state index in [0.717, 1.165) is 0 Å². The number of nitrogens with one attached hydrogen (secondary N) is 1. The van der Waals surface area contributed by atoms with Crippen LogP contribution >= 0.6 is 11.6 Å². The summed E-state index contributed by atoms with van der Waals surface area (Å²) in [5, 5.41) is 3.18. The molecule has 0 bridgehead atoms. The summed E-state index contributed by atoms with van der Waals surface area (Å²) in [6.45, 7) is -0.218. The van der Waals surface area contributed by atoms with Crippen LogP contribution in [0, 0.1) is 0 Å². The molecule has 8 heteroatoms. The number of ether oxygens (including phenoxy) is 2. The lowest BCUT2D eigenvalue weighted by atomic mass is 10.2. The highest BCUT2D eigenvalue weighted by molar-refractivity contribution is 6.31. The van der Waals surface area contributed by atoms with Crippen molar-refractivity contribution in [3.8, 4) is 17.2 Å². The number of hydrogen-bond acceptors (Lipinski definition) is 5. The summed E-state index contributed by atoms with van der Waals surface area (Å²) in [5.41, 5.74) is 1.34. The van der Waals surface area contributed by atoms with Gasteiger partial charge in [0.1, 0.15) is 18.0 Å². The number of aromatic nitrogens is 1. The predicted molar refractivity (Wildman–Crippen MR) is 114 cm³/mol. The van der Waals surface area contributed by atoms with E-state index in [1.54, 1.807) is 73.8 Å². The van der Waals surface area contributed by atoms with E-state index in [4.69, 9.17) is 25.5 Å². The SMILES string of the molecule is COc1ccc(Oc2ccc(Cl)cc2NC(=O)Cn2c(=O)oc3ccccc32)cc1. The zero-order valence-electron chi connectivity index (χ0n) is 15.9. The number of anilines is 1. The Bertz CT molecular complexity index is 1260. The second kappa shape index (κ2) is 8.34. The van der Waals surface area contributed by atoms with E-state index in [2.05, 4.69) is 5.32 Å². The van der Waals surface area contributed by atoms with Crippen molar-refractivity contribution >= 4 is 34.3 Å². The first-order chi connectivity index (χ1) is 14.5. The number of methoxy groups -OCH3 is 1. The van der Waals surface area contributed by atoms with Crippen LogP contribution in [0.15, 0.2) is 75.9 Å². The van der Waals surface area contributed by atoms with Gasteiger partial charge in [-0.25, -0.2) is 4.79 Å². The normalized spacial score (nSPS) is 10.7. The molecule has 0 spiro atoms. The van der Waals surface area contributed by atoms with Gasteiger partial charge < -0.3 is 19.2 Å². The van der Waals surface area contributed by atoms with Crippen LogP contribution in [-0.2, 0) is 11.3 Å². The fourth-order valence-corrected chi connectivity index (χ4v) is 3.13. The number of rotatable bonds is 6. The lowest BCUT2D eigenvalue weighted by Crippen LogP contribution is -2.24. The molecule has 4 aromatic rings. The van der Waals surface area contributed by atoms with E-state index in [1.165, 1.54) is 4.57 Å². The largest absolute Gasteiger partial charge is 0.497 e. The van der Waals surface area contributed by atoms with Crippen molar-refractivity contribution in [2.45, 2.75) is 6.54 Å². The Balaban J connectivity index is 1.56. The average Bonchev–Trinajstić information content (AvgIpc) is 3.05. The Hall–Kier alpha value is -3.71. The van der Waals surface area contributed by atoms with Gasteiger partial charge in [0, 0.05) is 5.02 Å². The lowest BCUT2D eigenvalue weighted by Gasteiger charge is -2.13. The highest BCUT2D eigenvalue weighted by Gasteiger charge is 2.15. The van der Waals surface area contributed by atoms with E-state index in [9.17, 15) is 9.59 Å². The maximum atomic E-state index is 12.6. The number of amides is 1. The molecule has 1 heterocycles. The molecule has 30 heavy (non-hydrogen) atoms. The van der Waals surface area contributed by atoms with Gasteiger partial charge in [0.2, 0.25) is 5.91 Å². The Morgan fingerprint density at radius 3 is 2.57 bits per heavy atom. The van der Waals surface area contributed by atoms with Crippen LogP contribution < -0.4 is 20.5 Å². The monoisotopic (exact) mass is 424 g/mol. The Morgan fingerprint density at radius 2 is 1.80 bits per heavy atom. The smallest absolute Gasteiger partial charge is 0.420 e. The molecule has 0 saturated heterocycles. The topological polar surface area (TPSA) is 82.7 Å². The molecule has 0 radical (unpaired) electrons. The molecule has 0 aliphatic rings. The summed E-state index contributed by atoms with van der Waals surface area (Å²) in [5.74, 6) is 0.635. The van der Waals surface area contributed by atoms with E-state index < -0.39 is 11.7 Å². The van der Waals surface area contributed by atoms with E-state index in [0.29, 0.717) is 39.1 Å². The van der Waals surface area contributed by atoms with Gasteiger partial charge in [0.05, 0.1) is 18.3 Å². The summed E-state index contributed by atoms with van der Waals surface area (Å²) in [7, 11) is 1.58. The quantitative estimate of drug-likeness (QED) is 0.485. The zero-order valence-corrected chi connectivity index (χ0v) is 16.7. The number of fused-ring (bicyclic) bond motifs is 1. The maximum absolute atomic E-state index is 12.6. The molecule has 4 rings (SSSR count). The summed E-state index contributed by atoms with van der Waals surface area (Å²) in [6.07, 6.45) is 0. The van der Waals surface area contributed by atoms with Crippen molar-refractivity contribution < 1.29 is 18.7 Å². The number of halogens is 1. The van der Waals surface area contributed by atoms with Crippen LogP contribution in [-0.4, -0.2) is 17.6 Å². The number of carbonyl (C=O) groups excluding carboxylic acids is 1. The molecule has 0 saturated carbocycles. The molecule has 0 atom stereocenters. The maximum Gasteiger partial charge on any atom is 0.420 e. The van der Waals surface area contributed by atoms with Gasteiger partial charge in [-0.15, -0.1) is 0 Å². The third-order valence-corrected chi connectivity index (χ3v) is 4.61. The van der Waals surface area contributed by atoms with Gasteiger partial charge in [0.25, 0.3) is 0 Å². The molecule has 1 amide bonds.